The molecule has 0 saturated carbocycles. The largest absolute Gasteiger partial charge is 0.468 e. The monoisotopic (exact) mass is 209 g/mol. The minimum absolute atomic E-state index is 0.00496. The zero-order valence-electron chi connectivity index (χ0n) is 7.19. The summed E-state index contributed by atoms with van der Waals surface area (Å²) in [6.07, 6.45) is -2.40. The summed E-state index contributed by atoms with van der Waals surface area (Å²) in [5.41, 5.74) is 5.04. The first-order chi connectivity index (χ1) is 6.35. The van der Waals surface area contributed by atoms with Crippen LogP contribution in [0.3, 0.4) is 0 Å². The van der Waals surface area contributed by atoms with Crippen LogP contribution in [-0.4, -0.2) is 30.9 Å². The molecule has 0 aliphatic heterocycles. The Bertz CT molecular complexity index is 247. The van der Waals surface area contributed by atoms with Gasteiger partial charge in [0.05, 0.1) is 0 Å². The molecule has 0 aliphatic carbocycles. The van der Waals surface area contributed by atoms with Crippen molar-refractivity contribution in [1.29, 1.82) is 10.8 Å². The summed E-state index contributed by atoms with van der Waals surface area (Å²) >= 11 is 0. The molecule has 0 saturated heterocycles. The lowest BCUT2D eigenvalue weighted by atomic mass is 10.3. The average molecular weight is 209 g/mol. The van der Waals surface area contributed by atoms with Crippen molar-refractivity contribution in [3.8, 4) is 0 Å². The third kappa shape index (κ3) is 7.29. The van der Waals surface area contributed by atoms with Gasteiger partial charge < -0.3 is 15.9 Å². The molecule has 0 aromatic carbocycles. The van der Waals surface area contributed by atoms with Crippen molar-refractivity contribution in [3.05, 3.63) is 12.2 Å². The van der Waals surface area contributed by atoms with Crippen LogP contribution in [0.25, 0.3) is 0 Å². The molecular formula is C7H10F3N3O. The van der Waals surface area contributed by atoms with Crippen molar-refractivity contribution in [2.24, 2.45) is 5.73 Å². The summed E-state index contributed by atoms with van der Waals surface area (Å²) in [6.45, 7) is -1.55. The van der Waals surface area contributed by atoms with E-state index in [4.69, 9.17) is 16.6 Å². The predicted octanol–water partition coefficient (Wildman–Crippen LogP) is 1.08. The second-order valence-corrected chi connectivity index (χ2v) is 2.33. The van der Waals surface area contributed by atoms with E-state index in [1.54, 1.807) is 0 Å². The van der Waals surface area contributed by atoms with Gasteiger partial charge in [-0.05, 0) is 6.08 Å². The minimum Gasteiger partial charge on any atom is -0.468 e. The lowest BCUT2D eigenvalue weighted by molar-refractivity contribution is -0.156. The minimum atomic E-state index is -4.46. The zero-order valence-corrected chi connectivity index (χ0v) is 7.19. The molecular weight excluding hydrogens is 199 g/mol. The third-order valence-corrected chi connectivity index (χ3v) is 1.05. The fraction of sp³-hybridized carbons (Fsp3) is 0.429. The van der Waals surface area contributed by atoms with Crippen molar-refractivity contribution < 1.29 is 17.9 Å². The molecule has 0 atom stereocenters. The second kappa shape index (κ2) is 5.38. The molecule has 0 bridgehead atoms. The maximum atomic E-state index is 11.6. The van der Waals surface area contributed by atoms with Crippen LogP contribution >= 0.6 is 0 Å². The molecule has 7 heteroatoms. The maximum Gasteiger partial charge on any atom is 0.422 e. The normalized spacial score (nSPS) is 11.7. The SMILES string of the molecule is N=C(/C=C\C(=N)OCC(F)(F)F)CN. The van der Waals surface area contributed by atoms with E-state index in [1.165, 1.54) is 0 Å². The van der Waals surface area contributed by atoms with Gasteiger partial charge in [0.25, 0.3) is 0 Å². The zero-order chi connectivity index (χ0) is 11.2. The van der Waals surface area contributed by atoms with Crippen LogP contribution in [0.1, 0.15) is 0 Å². The van der Waals surface area contributed by atoms with Gasteiger partial charge in [-0.15, -0.1) is 0 Å². The number of rotatable bonds is 4. The number of halogens is 3. The number of nitrogens with two attached hydrogens (primary N) is 1. The Hall–Kier alpha value is -1.37. The number of ether oxygens (including phenoxy) is 1. The molecule has 4 nitrogen and oxygen atoms in total. The highest BCUT2D eigenvalue weighted by Crippen LogP contribution is 2.14. The molecule has 4 N–H and O–H groups in total. The fourth-order valence-corrected chi connectivity index (χ4v) is 0.452. The Labute approximate surface area is 78.6 Å². The molecule has 0 amide bonds. The lowest BCUT2D eigenvalue weighted by Crippen LogP contribution is -2.19. The van der Waals surface area contributed by atoms with E-state index in [9.17, 15) is 13.2 Å². The molecule has 0 aromatic rings. The van der Waals surface area contributed by atoms with E-state index in [-0.39, 0.29) is 12.3 Å². The van der Waals surface area contributed by atoms with Crippen molar-refractivity contribution in [2.45, 2.75) is 6.18 Å². The van der Waals surface area contributed by atoms with Crippen LogP contribution in [0.2, 0.25) is 0 Å². The van der Waals surface area contributed by atoms with Gasteiger partial charge in [0.1, 0.15) is 0 Å². The van der Waals surface area contributed by atoms with Gasteiger partial charge in [-0.3, -0.25) is 5.41 Å². The quantitative estimate of drug-likeness (QED) is 0.478. The van der Waals surface area contributed by atoms with Gasteiger partial charge in [0.15, 0.2) is 6.61 Å². The topological polar surface area (TPSA) is 83.0 Å². The predicted molar refractivity (Wildman–Crippen MR) is 45.7 cm³/mol. The van der Waals surface area contributed by atoms with Crippen molar-refractivity contribution in [1.82, 2.24) is 0 Å². The summed E-state index contributed by atoms with van der Waals surface area (Å²) in [7, 11) is 0. The third-order valence-electron chi connectivity index (χ3n) is 1.05. The maximum absolute atomic E-state index is 11.6. The van der Waals surface area contributed by atoms with Gasteiger partial charge in [0, 0.05) is 18.3 Å². The molecule has 0 radical (unpaired) electrons. The van der Waals surface area contributed by atoms with E-state index in [0.717, 1.165) is 12.2 Å². The Balaban J connectivity index is 3.88. The van der Waals surface area contributed by atoms with E-state index in [2.05, 4.69) is 4.74 Å². The van der Waals surface area contributed by atoms with E-state index < -0.39 is 18.7 Å². The van der Waals surface area contributed by atoms with Gasteiger partial charge in [-0.25, -0.2) is 0 Å². The Kier molecular flexibility index (Phi) is 4.85. The summed E-state index contributed by atoms with van der Waals surface area (Å²) < 4.78 is 38.8. The molecule has 0 unspecified atom stereocenters. The standard InChI is InChI=1S/C7H10F3N3O/c8-7(9,10)4-14-6(13)2-1-5(12)3-11/h1-2,12-13H,3-4,11H2/b2-1-,12-5?,13-6?. The van der Waals surface area contributed by atoms with Crippen molar-refractivity contribution in [2.75, 3.05) is 13.2 Å². The smallest absolute Gasteiger partial charge is 0.422 e. The first-order valence-corrected chi connectivity index (χ1v) is 3.59. The highest BCUT2D eigenvalue weighted by atomic mass is 19.4. The van der Waals surface area contributed by atoms with E-state index in [0.29, 0.717) is 0 Å². The molecule has 80 valence electrons. The van der Waals surface area contributed by atoms with Crippen LogP contribution in [0, 0.1) is 10.8 Å². The van der Waals surface area contributed by atoms with Gasteiger partial charge in [-0.2, -0.15) is 13.2 Å². The van der Waals surface area contributed by atoms with Gasteiger partial charge in [-0.1, -0.05) is 0 Å². The Morgan fingerprint density at radius 2 is 1.86 bits per heavy atom. The van der Waals surface area contributed by atoms with E-state index >= 15 is 0 Å². The van der Waals surface area contributed by atoms with Crippen molar-refractivity contribution >= 4 is 11.6 Å². The molecule has 0 aliphatic rings. The number of hydrogen-bond acceptors (Lipinski definition) is 4. The number of hydrogen-bond donors (Lipinski definition) is 3. The number of alkyl halides is 3. The Morgan fingerprint density at radius 1 is 1.29 bits per heavy atom. The van der Waals surface area contributed by atoms with Crippen LogP contribution in [0.4, 0.5) is 13.2 Å². The highest BCUT2D eigenvalue weighted by molar-refractivity contribution is 5.99. The molecule has 0 rings (SSSR count). The highest BCUT2D eigenvalue weighted by Gasteiger charge is 2.28. The van der Waals surface area contributed by atoms with Crippen LogP contribution < -0.4 is 5.73 Å². The fourth-order valence-electron chi connectivity index (χ4n) is 0.452. The molecule has 0 heterocycles. The first kappa shape index (κ1) is 12.6. The van der Waals surface area contributed by atoms with E-state index in [1.807, 2.05) is 0 Å². The lowest BCUT2D eigenvalue weighted by Gasteiger charge is -2.06. The van der Waals surface area contributed by atoms with Gasteiger partial charge in [0.2, 0.25) is 5.90 Å². The first-order valence-electron chi connectivity index (χ1n) is 3.59. The average Bonchev–Trinajstić information content (AvgIpc) is 2.09. The number of nitrogens with one attached hydrogen (secondary N) is 2. The second-order valence-electron chi connectivity index (χ2n) is 2.33. The van der Waals surface area contributed by atoms with Crippen LogP contribution in [0.15, 0.2) is 12.2 Å². The molecule has 14 heavy (non-hydrogen) atoms. The summed E-state index contributed by atoms with van der Waals surface area (Å²) in [5, 5.41) is 13.9. The van der Waals surface area contributed by atoms with Crippen LogP contribution in [-0.2, 0) is 4.74 Å². The summed E-state index contributed by atoms with van der Waals surface area (Å²) in [6, 6.07) is 0. The van der Waals surface area contributed by atoms with Crippen LogP contribution in [0.5, 0.6) is 0 Å². The molecule has 0 fully saturated rings. The van der Waals surface area contributed by atoms with Gasteiger partial charge >= 0.3 is 6.18 Å². The Morgan fingerprint density at radius 3 is 2.29 bits per heavy atom. The van der Waals surface area contributed by atoms with Crippen molar-refractivity contribution in [3.63, 3.8) is 0 Å². The summed E-state index contributed by atoms with van der Waals surface area (Å²) in [5.74, 6) is -0.652. The molecule has 0 spiro atoms. The molecule has 0 aromatic heterocycles. The summed E-state index contributed by atoms with van der Waals surface area (Å²) in [4.78, 5) is 0.